The van der Waals surface area contributed by atoms with Crippen LogP contribution in [0.3, 0.4) is 0 Å². The molecule has 0 saturated carbocycles. The summed E-state index contributed by atoms with van der Waals surface area (Å²) in [7, 11) is 0. The van der Waals surface area contributed by atoms with Crippen molar-refractivity contribution in [3.05, 3.63) is 36.5 Å². The van der Waals surface area contributed by atoms with Crippen LogP contribution in [-0.4, -0.2) is 46.1 Å². The molecule has 0 spiro atoms. The minimum absolute atomic E-state index is 0.105. The molecule has 0 amide bonds. The number of aromatic nitrogens is 4. The molecule has 0 bridgehead atoms. The quantitative estimate of drug-likeness (QED) is 0.840. The van der Waals surface area contributed by atoms with Crippen molar-refractivity contribution in [2.75, 3.05) is 36.0 Å². The number of piperazine rings is 1. The fourth-order valence-corrected chi connectivity index (χ4v) is 2.25. The van der Waals surface area contributed by atoms with Gasteiger partial charge in [-0.2, -0.15) is 13.2 Å². The highest BCUT2D eigenvalue weighted by Crippen LogP contribution is 2.28. The van der Waals surface area contributed by atoms with E-state index in [9.17, 15) is 13.2 Å². The van der Waals surface area contributed by atoms with Crippen molar-refractivity contribution in [3.8, 4) is 0 Å². The fraction of sp³-hybridized carbons (Fsp3) is 0.385. The predicted octanol–water partition coefficient (Wildman–Crippen LogP) is 1.61. The summed E-state index contributed by atoms with van der Waals surface area (Å²) in [5, 5.41) is 0. The molecule has 0 radical (unpaired) electrons. The van der Waals surface area contributed by atoms with E-state index >= 15 is 0 Å². The Kier molecular flexibility index (Phi) is 3.78. The van der Waals surface area contributed by atoms with E-state index in [4.69, 9.17) is 0 Å². The molecule has 2 aromatic rings. The van der Waals surface area contributed by atoms with Crippen molar-refractivity contribution >= 4 is 11.8 Å². The van der Waals surface area contributed by atoms with Crippen LogP contribution < -0.4 is 9.80 Å². The lowest BCUT2D eigenvalue weighted by Crippen LogP contribution is -2.47. The zero-order valence-electron chi connectivity index (χ0n) is 11.5. The SMILES string of the molecule is FC(F)(F)c1ccnc(N2CCN(c3cnccn3)CC2)n1. The smallest absolute Gasteiger partial charge is 0.352 e. The second kappa shape index (κ2) is 5.74. The molecule has 3 rings (SSSR count). The topological polar surface area (TPSA) is 58.0 Å². The molecule has 0 aliphatic carbocycles. The van der Waals surface area contributed by atoms with Gasteiger partial charge >= 0.3 is 6.18 Å². The zero-order valence-corrected chi connectivity index (χ0v) is 11.5. The summed E-state index contributed by atoms with van der Waals surface area (Å²) in [6.45, 7) is 2.30. The summed E-state index contributed by atoms with van der Waals surface area (Å²) in [5.41, 5.74) is -0.922. The number of nitrogens with zero attached hydrogens (tertiary/aromatic N) is 6. The van der Waals surface area contributed by atoms with Gasteiger partial charge in [-0.3, -0.25) is 4.98 Å². The number of anilines is 2. The van der Waals surface area contributed by atoms with Crippen LogP contribution >= 0.6 is 0 Å². The number of hydrogen-bond donors (Lipinski definition) is 0. The first-order valence-corrected chi connectivity index (χ1v) is 6.70. The van der Waals surface area contributed by atoms with Crippen LogP contribution in [0.1, 0.15) is 5.69 Å². The third kappa shape index (κ3) is 3.07. The number of rotatable bonds is 2. The first-order chi connectivity index (χ1) is 10.5. The van der Waals surface area contributed by atoms with Crippen LogP contribution in [0, 0.1) is 0 Å². The Morgan fingerprint density at radius 1 is 0.909 bits per heavy atom. The summed E-state index contributed by atoms with van der Waals surface area (Å²) >= 11 is 0. The summed E-state index contributed by atoms with van der Waals surface area (Å²) in [6, 6.07) is 0.874. The van der Waals surface area contributed by atoms with Crippen LogP contribution in [0.25, 0.3) is 0 Å². The van der Waals surface area contributed by atoms with E-state index in [2.05, 4.69) is 19.9 Å². The van der Waals surface area contributed by atoms with E-state index in [1.807, 2.05) is 4.90 Å². The molecule has 0 atom stereocenters. The van der Waals surface area contributed by atoms with Crippen LogP contribution in [0.15, 0.2) is 30.9 Å². The maximum Gasteiger partial charge on any atom is 0.433 e. The van der Waals surface area contributed by atoms with Gasteiger partial charge in [-0.05, 0) is 6.07 Å². The zero-order chi connectivity index (χ0) is 15.6. The third-order valence-electron chi connectivity index (χ3n) is 3.37. The maximum atomic E-state index is 12.7. The molecule has 1 fully saturated rings. The Bertz CT molecular complexity index is 625. The lowest BCUT2D eigenvalue weighted by atomic mass is 10.3. The molecule has 0 N–H and O–H groups in total. The summed E-state index contributed by atoms with van der Waals surface area (Å²) in [4.78, 5) is 19.5. The van der Waals surface area contributed by atoms with Gasteiger partial charge in [-0.1, -0.05) is 0 Å². The molecule has 9 heteroatoms. The Balaban J connectivity index is 1.69. The van der Waals surface area contributed by atoms with E-state index in [1.54, 1.807) is 23.5 Å². The monoisotopic (exact) mass is 310 g/mol. The first kappa shape index (κ1) is 14.5. The molecule has 1 aliphatic rings. The van der Waals surface area contributed by atoms with Crippen LogP contribution in [0.2, 0.25) is 0 Å². The minimum atomic E-state index is -4.46. The average Bonchev–Trinajstić information content (AvgIpc) is 2.55. The highest BCUT2D eigenvalue weighted by atomic mass is 19.4. The lowest BCUT2D eigenvalue weighted by Gasteiger charge is -2.35. The van der Waals surface area contributed by atoms with Gasteiger partial charge in [0.25, 0.3) is 0 Å². The van der Waals surface area contributed by atoms with Gasteiger partial charge in [0.1, 0.15) is 11.5 Å². The fourth-order valence-electron chi connectivity index (χ4n) is 2.25. The van der Waals surface area contributed by atoms with Gasteiger partial charge in [-0.25, -0.2) is 15.0 Å². The number of hydrogen-bond acceptors (Lipinski definition) is 6. The van der Waals surface area contributed by atoms with Gasteiger partial charge in [0.15, 0.2) is 0 Å². The van der Waals surface area contributed by atoms with Crippen LogP contribution in [0.4, 0.5) is 24.9 Å². The summed E-state index contributed by atoms with van der Waals surface area (Å²) < 4.78 is 38.1. The second-order valence-electron chi connectivity index (χ2n) is 4.78. The van der Waals surface area contributed by atoms with Gasteiger partial charge in [0, 0.05) is 44.8 Å². The summed E-state index contributed by atoms with van der Waals surface area (Å²) in [5.74, 6) is 0.862. The molecule has 0 aromatic carbocycles. The molecule has 1 saturated heterocycles. The normalized spacial score (nSPS) is 16.0. The molecule has 116 valence electrons. The van der Waals surface area contributed by atoms with Crippen molar-refractivity contribution < 1.29 is 13.2 Å². The minimum Gasteiger partial charge on any atom is -0.352 e. The summed E-state index contributed by atoms with van der Waals surface area (Å²) in [6.07, 6.45) is 1.55. The lowest BCUT2D eigenvalue weighted by molar-refractivity contribution is -0.141. The Labute approximate surface area is 124 Å². The number of halogens is 3. The van der Waals surface area contributed by atoms with E-state index in [-0.39, 0.29) is 5.95 Å². The van der Waals surface area contributed by atoms with E-state index in [0.717, 1.165) is 18.1 Å². The van der Waals surface area contributed by atoms with Crippen molar-refractivity contribution in [3.63, 3.8) is 0 Å². The molecule has 2 aromatic heterocycles. The first-order valence-electron chi connectivity index (χ1n) is 6.70. The van der Waals surface area contributed by atoms with Crippen LogP contribution in [0.5, 0.6) is 0 Å². The molecule has 0 unspecified atom stereocenters. The maximum absolute atomic E-state index is 12.7. The molecular formula is C13H13F3N6. The average molecular weight is 310 g/mol. The van der Waals surface area contributed by atoms with Gasteiger partial charge < -0.3 is 9.80 Å². The van der Waals surface area contributed by atoms with E-state index < -0.39 is 11.9 Å². The third-order valence-corrected chi connectivity index (χ3v) is 3.37. The molecule has 6 nitrogen and oxygen atoms in total. The van der Waals surface area contributed by atoms with E-state index in [1.165, 1.54) is 0 Å². The van der Waals surface area contributed by atoms with Gasteiger partial charge in [-0.15, -0.1) is 0 Å². The second-order valence-corrected chi connectivity index (χ2v) is 4.78. The van der Waals surface area contributed by atoms with Crippen LogP contribution in [-0.2, 0) is 6.18 Å². The van der Waals surface area contributed by atoms with Crippen molar-refractivity contribution in [1.82, 2.24) is 19.9 Å². The molecule has 22 heavy (non-hydrogen) atoms. The largest absolute Gasteiger partial charge is 0.433 e. The highest BCUT2D eigenvalue weighted by Gasteiger charge is 2.33. The molecule has 1 aliphatic heterocycles. The Morgan fingerprint density at radius 2 is 1.64 bits per heavy atom. The van der Waals surface area contributed by atoms with Crippen molar-refractivity contribution in [2.24, 2.45) is 0 Å². The Morgan fingerprint density at radius 3 is 2.27 bits per heavy atom. The Hall–Kier alpha value is -2.45. The molecular weight excluding hydrogens is 297 g/mol. The van der Waals surface area contributed by atoms with Crippen molar-refractivity contribution in [2.45, 2.75) is 6.18 Å². The van der Waals surface area contributed by atoms with E-state index in [0.29, 0.717) is 26.2 Å². The molecule has 3 heterocycles. The predicted molar refractivity (Wildman–Crippen MR) is 73.5 cm³/mol. The highest BCUT2D eigenvalue weighted by molar-refractivity contribution is 5.40. The number of alkyl halides is 3. The van der Waals surface area contributed by atoms with Gasteiger partial charge in [0.05, 0.1) is 6.20 Å². The van der Waals surface area contributed by atoms with Gasteiger partial charge in [0.2, 0.25) is 5.95 Å². The van der Waals surface area contributed by atoms with Crippen molar-refractivity contribution in [1.29, 1.82) is 0 Å². The standard InChI is InChI=1S/C13H13F3N6/c14-13(15,16)10-1-2-19-12(20-10)22-7-5-21(6-8-22)11-9-17-3-4-18-11/h1-4,9H,5-8H2.